The summed E-state index contributed by atoms with van der Waals surface area (Å²) in [6.45, 7) is 2.39. The first kappa shape index (κ1) is 20.4. The number of hydrogen-bond donors (Lipinski definition) is 2. The Hall–Kier alpha value is -2.35. The molecule has 8 heteroatoms. The van der Waals surface area contributed by atoms with Crippen LogP contribution in [-0.2, 0) is 6.54 Å². The number of anilines is 1. The van der Waals surface area contributed by atoms with Crippen molar-refractivity contribution in [2.45, 2.75) is 39.0 Å². The number of nitrogens with zero attached hydrogens (tertiary/aromatic N) is 2. The van der Waals surface area contributed by atoms with E-state index in [4.69, 9.17) is 0 Å². The van der Waals surface area contributed by atoms with E-state index in [1.165, 1.54) is 11.1 Å². The Labute approximate surface area is 168 Å². The Morgan fingerprint density at radius 1 is 1.29 bits per heavy atom. The van der Waals surface area contributed by atoms with Crippen LogP contribution in [0.4, 0.5) is 13.8 Å². The number of benzene rings is 1. The molecule has 3 rings (SSSR count). The normalized spacial score (nSPS) is 15.7. The highest BCUT2D eigenvalue weighted by atomic mass is 32.1. The predicted octanol–water partition coefficient (Wildman–Crippen LogP) is 4.07. The predicted molar refractivity (Wildman–Crippen MR) is 111 cm³/mol. The van der Waals surface area contributed by atoms with E-state index in [-0.39, 0.29) is 5.75 Å². The van der Waals surface area contributed by atoms with Gasteiger partial charge in [-0.15, -0.1) is 11.3 Å². The number of piperidine rings is 1. The summed E-state index contributed by atoms with van der Waals surface area (Å²) in [7, 11) is 0. The number of halogens is 2. The molecule has 0 unspecified atom stereocenters. The molecule has 0 bridgehead atoms. The molecule has 0 spiro atoms. The molecular formula is C20H26F2N4OS. The molecule has 1 aliphatic rings. The topological polar surface area (TPSA) is 48.9 Å². The monoisotopic (exact) mass is 408 g/mol. The number of alkyl halides is 2. The van der Waals surface area contributed by atoms with Gasteiger partial charge in [-0.2, -0.15) is 8.78 Å². The van der Waals surface area contributed by atoms with Gasteiger partial charge < -0.3 is 20.3 Å². The van der Waals surface area contributed by atoms with Crippen LogP contribution in [0.1, 0.15) is 25.3 Å². The maximum absolute atomic E-state index is 12.4. The van der Waals surface area contributed by atoms with Gasteiger partial charge in [0.1, 0.15) is 5.75 Å². The van der Waals surface area contributed by atoms with Gasteiger partial charge in [0.2, 0.25) is 0 Å². The van der Waals surface area contributed by atoms with E-state index in [9.17, 15) is 8.78 Å². The van der Waals surface area contributed by atoms with Crippen molar-refractivity contribution < 1.29 is 13.5 Å². The van der Waals surface area contributed by atoms with Crippen LogP contribution in [0.15, 0.2) is 46.8 Å². The van der Waals surface area contributed by atoms with Crippen molar-refractivity contribution in [1.82, 2.24) is 10.6 Å². The number of hydrogen-bond acceptors (Lipinski definition) is 4. The average Bonchev–Trinajstić information content (AvgIpc) is 3.21. The lowest BCUT2D eigenvalue weighted by Crippen LogP contribution is -2.48. The molecule has 0 aliphatic carbocycles. The van der Waals surface area contributed by atoms with Crippen molar-refractivity contribution in [3.63, 3.8) is 0 Å². The maximum Gasteiger partial charge on any atom is 0.387 e. The Morgan fingerprint density at radius 3 is 2.79 bits per heavy atom. The van der Waals surface area contributed by atoms with E-state index < -0.39 is 6.61 Å². The smallest absolute Gasteiger partial charge is 0.387 e. The van der Waals surface area contributed by atoms with Gasteiger partial charge in [0.05, 0.1) is 11.5 Å². The van der Waals surface area contributed by atoms with Gasteiger partial charge in [0, 0.05) is 25.7 Å². The van der Waals surface area contributed by atoms with Crippen molar-refractivity contribution >= 4 is 22.3 Å². The van der Waals surface area contributed by atoms with Crippen molar-refractivity contribution in [1.29, 1.82) is 0 Å². The highest BCUT2D eigenvalue weighted by molar-refractivity contribution is 7.14. The first-order chi connectivity index (χ1) is 13.6. The Balaban J connectivity index is 1.54. The average molecular weight is 409 g/mol. The summed E-state index contributed by atoms with van der Waals surface area (Å²) in [6, 6.07) is 11.3. The summed E-state index contributed by atoms with van der Waals surface area (Å²) < 4.78 is 29.2. The maximum atomic E-state index is 12.4. The van der Waals surface area contributed by atoms with E-state index in [0.717, 1.165) is 44.0 Å². The molecule has 1 aromatic heterocycles. The van der Waals surface area contributed by atoms with E-state index in [1.807, 2.05) is 13.0 Å². The van der Waals surface area contributed by atoms with Gasteiger partial charge in [-0.1, -0.05) is 12.1 Å². The third-order valence-electron chi connectivity index (χ3n) is 4.54. The standard InChI is InChI=1S/C20H26F2N4OS/c1-2-23-20(24-14-15-5-3-6-17(13-15)27-19(21)22)25-16-8-10-26(11-9-16)18-7-4-12-28-18/h3-7,12-13,16,19H,2,8-11,14H2,1H3,(H2,23,24,25). The molecule has 1 fully saturated rings. The van der Waals surface area contributed by atoms with Crippen LogP contribution in [0.5, 0.6) is 5.75 Å². The fraction of sp³-hybridized carbons (Fsp3) is 0.450. The minimum absolute atomic E-state index is 0.154. The lowest BCUT2D eigenvalue weighted by atomic mass is 10.1. The number of guanidine groups is 1. The third-order valence-corrected chi connectivity index (χ3v) is 5.47. The van der Waals surface area contributed by atoms with Crippen molar-refractivity contribution in [2.24, 2.45) is 4.99 Å². The largest absolute Gasteiger partial charge is 0.435 e. The summed E-state index contributed by atoms with van der Waals surface area (Å²) >= 11 is 1.78. The second-order valence-corrected chi connectivity index (χ2v) is 7.50. The fourth-order valence-electron chi connectivity index (χ4n) is 3.20. The molecule has 152 valence electrons. The third kappa shape index (κ3) is 6.09. The van der Waals surface area contributed by atoms with Gasteiger partial charge in [0.15, 0.2) is 5.96 Å². The molecule has 28 heavy (non-hydrogen) atoms. The summed E-state index contributed by atoms with van der Waals surface area (Å²) in [5.74, 6) is 0.902. The zero-order chi connectivity index (χ0) is 19.8. The van der Waals surface area contributed by atoms with Gasteiger partial charge in [-0.25, -0.2) is 4.99 Å². The fourth-order valence-corrected chi connectivity index (χ4v) is 3.98. The number of rotatable bonds is 7. The summed E-state index contributed by atoms with van der Waals surface area (Å²) in [5.41, 5.74) is 0.822. The first-order valence-corrected chi connectivity index (χ1v) is 10.4. The van der Waals surface area contributed by atoms with Gasteiger partial charge in [-0.3, -0.25) is 0 Å². The summed E-state index contributed by atoms with van der Waals surface area (Å²) in [6.07, 6.45) is 2.08. The highest BCUT2D eigenvalue weighted by Gasteiger charge is 2.20. The van der Waals surface area contributed by atoms with Gasteiger partial charge in [-0.05, 0) is 55.0 Å². The Kier molecular flexibility index (Phi) is 7.47. The molecule has 0 radical (unpaired) electrons. The zero-order valence-electron chi connectivity index (χ0n) is 15.9. The van der Waals surface area contributed by atoms with Crippen LogP contribution in [0, 0.1) is 0 Å². The quantitative estimate of drug-likeness (QED) is 0.536. The number of ether oxygens (including phenoxy) is 1. The molecule has 1 aliphatic heterocycles. The van der Waals surface area contributed by atoms with E-state index in [0.29, 0.717) is 12.6 Å². The molecule has 5 nitrogen and oxygen atoms in total. The van der Waals surface area contributed by atoms with Crippen molar-refractivity contribution in [2.75, 3.05) is 24.5 Å². The van der Waals surface area contributed by atoms with E-state index in [2.05, 4.69) is 42.8 Å². The molecule has 1 saturated heterocycles. The van der Waals surface area contributed by atoms with Crippen LogP contribution in [0.25, 0.3) is 0 Å². The number of thiophene rings is 1. The van der Waals surface area contributed by atoms with Crippen LogP contribution in [0.3, 0.4) is 0 Å². The Morgan fingerprint density at radius 2 is 2.11 bits per heavy atom. The SMILES string of the molecule is CCNC(=NCc1cccc(OC(F)F)c1)NC1CCN(c2cccs2)CC1. The summed E-state index contributed by atoms with van der Waals surface area (Å²) in [4.78, 5) is 7.02. The van der Waals surface area contributed by atoms with Crippen LogP contribution < -0.4 is 20.3 Å². The lowest BCUT2D eigenvalue weighted by Gasteiger charge is -2.33. The molecule has 2 heterocycles. The van der Waals surface area contributed by atoms with E-state index in [1.54, 1.807) is 23.5 Å². The summed E-state index contributed by atoms with van der Waals surface area (Å²) in [5, 5.41) is 10.2. The van der Waals surface area contributed by atoms with Crippen molar-refractivity contribution in [3.05, 3.63) is 47.3 Å². The van der Waals surface area contributed by atoms with Gasteiger partial charge in [0.25, 0.3) is 0 Å². The Bertz CT molecular complexity index is 746. The number of aliphatic imine (C=N–C) groups is 1. The van der Waals surface area contributed by atoms with Crippen molar-refractivity contribution in [3.8, 4) is 5.75 Å². The van der Waals surface area contributed by atoms with Crippen LogP contribution >= 0.6 is 11.3 Å². The molecule has 0 saturated carbocycles. The second kappa shape index (κ2) is 10.3. The first-order valence-electron chi connectivity index (χ1n) is 9.51. The lowest BCUT2D eigenvalue weighted by molar-refractivity contribution is -0.0498. The van der Waals surface area contributed by atoms with E-state index >= 15 is 0 Å². The minimum Gasteiger partial charge on any atom is -0.435 e. The highest BCUT2D eigenvalue weighted by Crippen LogP contribution is 2.24. The molecule has 2 N–H and O–H groups in total. The molecule has 2 aromatic rings. The molecular weight excluding hydrogens is 382 g/mol. The van der Waals surface area contributed by atoms with Crippen LogP contribution in [-0.4, -0.2) is 38.2 Å². The molecule has 1 aromatic carbocycles. The minimum atomic E-state index is -2.82. The zero-order valence-corrected chi connectivity index (χ0v) is 16.7. The molecule has 0 atom stereocenters. The molecule has 0 amide bonds. The second-order valence-electron chi connectivity index (χ2n) is 6.58. The van der Waals surface area contributed by atoms with Crippen LogP contribution in [0.2, 0.25) is 0 Å². The van der Waals surface area contributed by atoms with Gasteiger partial charge >= 0.3 is 6.61 Å². The number of nitrogens with one attached hydrogen (secondary N) is 2.